The van der Waals surface area contributed by atoms with Crippen LogP contribution in [-0.2, 0) is 26.5 Å². The van der Waals surface area contributed by atoms with Crippen molar-refractivity contribution in [3.05, 3.63) is 88.0 Å². The highest BCUT2D eigenvalue weighted by Crippen LogP contribution is 2.29. The summed E-state index contributed by atoms with van der Waals surface area (Å²) in [5.74, 6) is -0.724. The summed E-state index contributed by atoms with van der Waals surface area (Å²) < 4.78 is 86.9. The number of benzene rings is 1. The predicted octanol–water partition coefficient (Wildman–Crippen LogP) is 3.09. The van der Waals surface area contributed by atoms with E-state index in [0.29, 0.717) is 16.6 Å². The van der Waals surface area contributed by atoms with Crippen molar-refractivity contribution in [2.45, 2.75) is 19.4 Å². The van der Waals surface area contributed by atoms with Gasteiger partial charge >= 0.3 is 0 Å². The third kappa shape index (κ3) is 3.27. The lowest BCUT2D eigenvalue weighted by atomic mass is 10.1. The second kappa shape index (κ2) is 7.42. The van der Waals surface area contributed by atoms with Crippen LogP contribution in [0.2, 0.25) is 0 Å². The van der Waals surface area contributed by atoms with Crippen molar-refractivity contribution in [3.63, 3.8) is 0 Å². The molecule has 1 aliphatic rings. The number of fused-ring (bicyclic) bond motifs is 3. The second-order valence-corrected chi connectivity index (χ2v) is 6.62. The largest absolute Gasteiger partial charge is 0.487 e. The molecule has 0 atom stereocenters. The average Bonchev–Trinajstić information content (AvgIpc) is 3.11. The topological polar surface area (TPSA) is 61.1 Å². The van der Waals surface area contributed by atoms with Crippen molar-refractivity contribution in [1.29, 1.82) is 0 Å². The number of rotatable bonds is 4. The van der Waals surface area contributed by atoms with Crippen molar-refractivity contribution in [2.75, 3.05) is 6.50 Å². The normalized spacial score (nSPS) is 22.9. The molecule has 0 aliphatic carbocycles. The lowest BCUT2D eigenvalue weighted by molar-refractivity contribution is 0.300. The van der Waals surface area contributed by atoms with Gasteiger partial charge in [0.15, 0.2) is 0 Å². The third-order valence-electron chi connectivity index (χ3n) is 4.79. The zero-order valence-electron chi connectivity index (χ0n) is 23.7. The minimum Gasteiger partial charge on any atom is -0.487 e. The molecule has 30 heavy (non-hydrogen) atoms. The highest BCUT2D eigenvalue weighted by Gasteiger charge is 2.18. The molecule has 0 saturated heterocycles. The van der Waals surface area contributed by atoms with Crippen LogP contribution in [0.15, 0.2) is 59.7 Å². The molecule has 7 heteroatoms. The Labute approximate surface area is 183 Å². The summed E-state index contributed by atoms with van der Waals surface area (Å²) in [5.41, 5.74) is -0.189. The van der Waals surface area contributed by atoms with Crippen LogP contribution in [-0.4, -0.2) is 20.6 Å². The predicted molar refractivity (Wildman–Crippen MR) is 112 cm³/mol. The summed E-state index contributed by atoms with van der Waals surface area (Å²) >= 11 is 0. The van der Waals surface area contributed by atoms with E-state index in [1.54, 1.807) is 12.1 Å². The number of aryl methyl sites for hydroxylation is 1. The fourth-order valence-electron chi connectivity index (χ4n) is 3.32. The van der Waals surface area contributed by atoms with Crippen LogP contribution in [0.3, 0.4) is 0 Å². The number of hydrogen-bond acceptors (Lipinski definition) is 4. The van der Waals surface area contributed by atoms with Gasteiger partial charge in [0.25, 0.3) is 5.56 Å². The number of pyridine rings is 2. The zero-order valence-corrected chi connectivity index (χ0v) is 15.7. The van der Waals surface area contributed by atoms with Gasteiger partial charge in [0.05, 0.1) is 25.8 Å². The molecule has 6 nitrogen and oxygen atoms in total. The van der Waals surface area contributed by atoms with E-state index >= 15 is 0 Å². The van der Waals surface area contributed by atoms with E-state index < -0.39 is 37.3 Å². The van der Waals surface area contributed by atoms with Crippen molar-refractivity contribution in [1.82, 2.24) is 19.4 Å². The van der Waals surface area contributed by atoms with Crippen LogP contribution >= 0.6 is 0 Å². The average molecular weight is 412 g/mol. The molecule has 0 saturated carbocycles. The molecule has 0 amide bonds. The van der Waals surface area contributed by atoms with Crippen LogP contribution in [0.1, 0.15) is 27.9 Å². The summed E-state index contributed by atoms with van der Waals surface area (Å²) in [4.78, 5) is 16.6. The van der Waals surface area contributed by atoms with Gasteiger partial charge in [-0.3, -0.25) is 14.3 Å². The molecule has 5 rings (SSSR count). The van der Waals surface area contributed by atoms with Gasteiger partial charge in [-0.1, -0.05) is 6.07 Å². The molecule has 1 aliphatic heterocycles. The number of ether oxygens (including phenoxy) is 1. The molecule has 4 aromatic rings. The SMILES string of the molecule is [2H]C1([2H])NC([2H])([2H])C([2H])([2H])c2c1c1ccc(-n3ccc(OC([2H])([2H])c4ccc(F)cn4)cc3=O)cc1n2C. The van der Waals surface area contributed by atoms with Crippen molar-refractivity contribution < 1.29 is 20.1 Å². The molecule has 0 bridgehead atoms. The summed E-state index contributed by atoms with van der Waals surface area (Å²) in [6, 6.07) is 9.24. The van der Waals surface area contributed by atoms with Crippen LogP contribution in [0, 0.1) is 5.82 Å². The number of nitrogens with zero attached hydrogens (tertiary/aromatic N) is 3. The van der Waals surface area contributed by atoms with Gasteiger partial charge in [0, 0.05) is 58.0 Å². The van der Waals surface area contributed by atoms with Crippen LogP contribution < -0.4 is 15.6 Å². The van der Waals surface area contributed by atoms with Gasteiger partial charge in [-0.05, 0) is 35.9 Å². The zero-order chi connectivity index (χ0) is 27.8. The van der Waals surface area contributed by atoms with E-state index in [2.05, 4.69) is 10.3 Å². The summed E-state index contributed by atoms with van der Waals surface area (Å²) in [5, 5.41) is 2.49. The Hall–Kier alpha value is -3.45. The Balaban J connectivity index is 1.55. The highest BCUT2D eigenvalue weighted by molar-refractivity contribution is 5.87. The van der Waals surface area contributed by atoms with Gasteiger partial charge in [0.1, 0.15) is 18.1 Å². The van der Waals surface area contributed by atoms with Crippen molar-refractivity contribution in [2.24, 2.45) is 7.05 Å². The highest BCUT2D eigenvalue weighted by atomic mass is 19.1. The molecule has 0 spiro atoms. The van der Waals surface area contributed by atoms with Crippen LogP contribution in [0.4, 0.5) is 4.39 Å². The van der Waals surface area contributed by atoms with Gasteiger partial charge < -0.3 is 14.6 Å². The second-order valence-electron chi connectivity index (χ2n) is 6.62. The molecular formula is C23H21FN4O2. The minimum absolute atomic E-state index is 0.0191. The van der Waals surface area contributed by atoms with E-state index in [1.165, 1.54) is 34.5 Å². The van der Waals surface area contributed by atoms with E-state index in [-0.39, 0.29) is 22.7 Å². The molecule has 0 fully saturated rings. The molecular weight excluding hydrogens is 383 g/mol. The van der Waals surface area contributed by atoms with Gasteiger partial charge in [-0.25, -0.2) is 4.39 Å². The number of nitrogens with one attached hydrogen (secondary N) is 1. The lowest BCUT2D eigenvalue weighted by Gasteiger charge is -2.14. The Morgan fingerprint density at radius 3 is 3.00 bits per heavy atom. The molecule has 1 N–H and O–H groups in total. The summed E-state index contributed by atoms with van der Waals surface area (Å²) in [6.45, 7) is -7.49. The Bertz CT molecular complexity index is 1630. The van der Waals surface area contributed by atoms with E-state index in [1.807, 2.05) is 0 Å². The Morgan fingerprint density at radius 1 is 1.30 bits per heavy atom. The van der Waals surface area contributed by atoms with Crippen molar-refractivity contribution >= 4 is 10.9 Å². The Morgan fingerprint density at radius 2 is 2.20 bits per heavy atom. The molecule has 3 aromatic heterocycles. The fourth-order valence-corrected chi connectivity index (χ4v) is 3.32. The molecule has 152 valence electrons. The molecule has 4 heterocycles. The third-order valence-corrected chi connectivity index (χ3v) is 4.79. The first-order chi connectivity index (χ1) is 17.5. The van der Waals surface area contributed by atoms with Gasteiger partial charge in [-0.2, -0.15) is 0 Å². The molecule has 0 radical (unpaired) electrons. The van der Waals surface area contributed by atoms with E-state index in [4.69, 9.17) is 15.7 Å². The maximum atomic E-state index is 13.1. The maximum absolute atomic E-state index is 13.1. The first-order valence-corrected chi connectivity index (χ1v) is 9.02. The monoisotopic (exact) mass is 412 g/mol. The van der Waals surface area contributed by atoms with Gasteiger partial charge in [-0.15, -0.1) is 0 Å². The molecule has 0 unspecified atom stereocenters. The first kappa shape index (κ1) is 11.7. The van der Waals surface area contributed by atoms with E-state index in [0.717, 1.165) is 24.4 Å². The summed E-state index contributed by atoms with van der Waals surface area (Å²) in [7, 11) is 1.51. The van der Waals surface area contributed by atoms with Crippen molar-refractivity contribution in [3.8, 4) is 11.4 Å². The number of aromatic nitrogens is 3. The fraction of sp³-hybridized carbons (Fsp3) is 0.217. The smallest absolute Gasteiger partial charge is 0.258 e. The minimum atomic E-state index is -2.68. The van der Waals surface area contributed by atoms with Gasteiger partial charge in [0.2, 0.25) is 0 Å². The first-order valence-electron chi connectivity index (χ1n) is 13.0. The quantitative estimate of drug-likeness (QED) is 0.560. The lowest BCUT2D eigenvalue weighted by Crippen LogP contribution is -2.24. The Kier molecular flexibility index (Phi) is 2.89. The molecule has 1 aromatic carbocycles. The standard InChI is InChI=1S/C23H21FN4O2/c1-27-21-6-8-25-13-20(21)19-5-4-17(10-22(19)27)28-9-7-18(11-23(28)29)30-14-16-3-2-15(24)12-26-16/h2-5,7,9-12,25H,6,8,13-14H2,1H3/i6D2,8D2,13D2,14D2. The number of halogens is 1. The van der Waals surface area contributed by atoms with Crippen LogP contribution in [0.25, 0.3) is 16.6 Å². The van der Waals surface area contributed by atoms with Crippen LogP contribution in [0.5, 0.6) is 5.75 Å². The summed E-state index contributed by atoms with van der Waals surface area (Å²) in [6.07, 6.45) is -0.349. The van der Waals surface area contributed by atoms with E-state index in [9.17, 15) is 9.18 Å². The number of hydrogen-bond donors (Lipinski definition) is 1. The maximum Gasteiger partial charge on any atom is 0.258 e.